The predicted molar refractivity (Wildman–Crippen MR) is 96.6 cm³/mol. The van der Waals surface area contributed by atoms with E-state index in [0.29, 0.717) is 6.54 Å². The zero-order valence-corrected chi connectivity index (χ0v) is 14.8. The fourth-order valence-electron chi connectivity index (χ4n) is 1.97. The highest BCUT2D eigenvalue weighted by molar-refractivity contribution is 7.99. The Hall–Kier alpha value is -1.65. The number of carbonyl (C=O) groups excluding carboxylic acids is 1. The van der Waals surface area contributed by atoms with Crippen LogP contribution in [0.3, 0.4) is 0 Å². The van der Waals surface area contributed by atoms with Gasteiger partial charge in [-0.3, -0.25) is 4.79 Å². The number of halogens is 1. The molecular weight excluding hydrogens is 330 g/mol. The summed E-state index contributed by atoms with van der Waals surface area (Å²) in [5.74, 6) is 1.45. The number of ether oxygens (including phenoxy) is 1. The number of thioether (sulfide) groups is 1. The molecule has 23 heavy (non-hydrogen) atoms. The Morgan fingerprint density at radius 1 is 1.17 bits per heavy atom. The molecule has 1 N–H and O–H groups in total. The van der Waals surface area contributed by atoms with E-state index in [2.05, 4.69) is 5.32 Å². The standard InChI is InChI=1S/C18H20ClNO2S/c1-13-4-3-5-17(14(13)2)22-12-18(21)20-10-11-23-16-8-6-15(19)7-9-16/h3-9H,10-12H2,1-2H3,(H,20,21). The molecule has 0 bridgehead atoms. The van der Waals surface area contributed by atoms with Crippen molar-refractivity contribution in [3.05, 3.63) is 58.6 Å². The summed E-state index contributed by atoms with van der Waals surface area (Å²) in [5.41, 5.74) is 2.22. The van der Waals surface area contributed by atoms with Crippen LogP contribution in [0.25, 0.3) is 0 Å². The molecule has 0 heterocycles. The Kier molecular flexibility index (Phi) is 6.81. The highest BCUT2D eigenvalue weighted by Gasteiger charge is 2.05. The number of amides is 1. The second-order valence-electron chi connectivity index (χ2n) is 5.14. The summed E-state index contributed by atoms with van der Waals surface area (Å²) in [5, 5.41) is 3.59. The molecule has 5 heteroatoms. The van der Waals surface area contributed by atoms with Crippen LogP contribution < -0.4 is 10.1 Å². The average Bonchev–Trinajstić information content (AvgIpc) is 2.54. The van der Waals surface area contributed by atoms with E-state index in [-0.39, 0.29) is 12.5 Å². The normalized spacial score (nSPS) is 10.4. The number of nitrogens with one attached hydrogen (secondary N) is 1. The number of rotatable bonds is 7. The summed E-state index contributed by atoms with van der Waals surface area (Å²) < 4.78 is 5.57. The zero-order valence-electron chi connectivity index (χ0n) is 13.3. The monoisotopic (exact) mass is 349 g/mol. The van der Waals surface area contributed by atoms with Gasteiger partial charge in [-0.05, 0) is 55.3 Å². The van der Waals surface area contributed by atoms with Crippen LogP contribution in [0.15, 0.2) is 47.4 Å². The van der Waals surface area contributed by atoms with Gasteiger partial charge in [0.25, 0.3) is 5.91 Å². The lowest BCUT2D eigenvalue weighted by Gasteiger charge is -2.11. The minimum atomic E-state index is -0.109. The Morgan fingerprint density at radius 2 is 1.91 bits per heavy atom. The second kappa shape index (κ2) is 8.85. The number of hydrogen-bond acceptors (Lipinski definition) is 3. The molecule has 3 nitrogen and oxygen atoms in total. The fraction of sp³-hybridized carbons (Fsp3) is 0.278. The molecule has 0 atom stereocenters. The van der Waals surface area contributed by atoms with E-state index in [4.69, 9.17) is 16.3 Å². The van der Waals surface area contributed by atoms with Gasteiger partial charge in [0.2, 0.25) is 0 Å². The van der Waals surface area contributed by atoms with E-state index >= 15 is 0 Å². The first-order chi connectivity index (χ1) is 11.1. The maximum atomic E-state index is 11.8. The molecule has 0 aliphatic carbocycles. The molecule has 2 aromatic rings. The van der Waals surface area contributed by atoms with Crippen molar-refractivity contribution in [2.45, 2.75) is 18.7 Å². The first kappa shape index (κ1) is 17.7. The van der Waals surface area contributed by atoms with Gasteiger partial charge in [-0.1, -0.05) is 23.7 Å². The molecule has 0 spiro atoms. The molecule has 0 aliphatic rings. The van der Waals surface area contributed by atoms with Crippen LogP contribution in [0.5, 0.6) is 5.75 Å². The largest absolute Gasteiger partial charge is 0.483 e. The van der Waals surface area contributed by atoms with Gasteiger partial charge < -0.3 is 10.1 Å². The molecular formula is C18H20ClNO2S. The minimum absolute atomic E-state index is 0.0376. The number of benzene rings is 2. The van der Waals surface area contributed by atoms with Crippen LogP contribution in [0.4, 0.5) is 0 Å². The van der Waals surface area contributed by atoms with Crippen LogP contribution in [-0.4, -0.2) is 24.8 Å². The van der Waals surface area contributed by atoms with Crippen LogP contribution >= 0.6 is 23.4 Å². The van der Waals surface area contributed by atoms with E-state index in [1.807, 2.05) is 56.3 Å². The summed E-state index contributed by atoms with van der Waals surface area (Å²) in [6.07, 6.45) is 0. The lowest BCUT2D eigenvalue weighted by molar-refractivity contribution is -0.122. The summed E-state index contributed by atoms with van der Waals surface area (Å²) >= 11 is 7.52. The SMILES string of the molecule is Cc1cccc(OCC(=O)NCCSc2ccc(Cl)cc2)c1C. The van der Waals surface area contributed by atoms with Crippen molar-refractivity contribution in [1.29, 1.82) is 0 Å². The fourth-order valence-corrected chi connectivity index (χ4v) is 2.86. The van der Waals surface area contributed by atoms with Gasteiger partial charge in [0, 0.05) is 22.2 Å². The Bertz CT molecular complexity index is 659. The van der Waals surface area contributed by atoms with Crippen molar-refractivity contribution in [2.75, 3.05) is 18.9 Å². The number of carbonyl (C=O) groups is 1. The third kappa shape index (κ3) is 5.81. The lowest BCUT2D eigenvalue weighted by Crippen LogP contribution is -2.30. The number of hydrogen-bond donors (Lipinski definition) is 1. The van der Waals surface area contributed by atoms with Gasteiger partial charge in [-0.2, -0.15) is 0 Å². The van der Waals surface area contributed by atoms with Crippen LogP contribution in [-0.2, 0) is 4.79 Å². The van der Waals surface area contributed by atoms with Crippen LogP contribution in [0, 0.1) is 13.8 Å². The maximum Gasteiger partial charge on any atom is 0.257 e. The molecule has 0 saturated heterocycles. The van der Waals surface area contributed by atoms with E-state index in [1.54, 1.807) is 11.8 Å². The van der Waals surface area contributed by atoms with Crippen LogP contribution in [0.2, 0.25) is 5.02 Å². The Labute approximate surface area is 146 Å². The molecule has 0 saturated carbocycles. The summed E-state index contributed by atoms with van der Waals surface area (Å²) in [6.45, 7) is 4.65. The van der Waals surface area contributed by atoms with Crippen molar-refractivity contribution in [2.24, 2.45) is 0 Å². The second-order valence-corrected chi connectivity index (χ2v) is 6.74. The first-order valence-corrected chi connectivity index (χ1v) is 8.76. The molecule has 0 unspecified atom stereocenters. The molecule has 122 valence electrons. The van der Waals surface area contributed by atoms with Crippen molar-refractivity contribution in [1.82, 2.24) is 5.32 Å². The molecule has 0 fully saturated rings. The number of aryl methyl sites for hydroxylation is 1. The molecule has 0 aliphatic heterocycles. The third-order valence-electron chi connectivity index (χ3n) is 3.42. The van der Waals surface area contributed by atoms with Crippen molar-refractivity contribution in [3.8, 4) is 5.75 Å². The Morgan fingerprint density at radius 3 is 2.65 bits per heavy atom. The van der Waals surface area contributed by atoms with E-state index in [0.717, 1.165) is 32.5 Å². The highest BCUT2D eigenvalue weighted by Crippen LogP contribution is 2.21. The first-order valence-electron chi connectivity index (χ1n) is 7.40. The summed E-state index contributed by atoms with van der Waals surface area (Å²) in [4.78, 5) is 12.9. The van der Waals surface area contributed by atoms with Crippen molar-refractivity contribution >= 4 is 29.3 Å². The summed E-state index contributed by atoms with van der Waals surface area (Å²) in [7, 11) is 0. The van der Waals surface area contributed by atoms with Gasteiger partial charge in [0.15, 0.2) is 6.61 Å². The minimum Gasteiger partial charge on any atom is -0.483 e. The van der Waals surface area contributed by atoms with Gasteiger partial charge >= 0.3 is 0 Å². The van der Waals surface area contributed by atoms with Gasteiger partial charge in [0.05, 0.1) is 0 Å². The third-order valence-corrected chi connectivity index (χ3v) is 4.69. The predicted octanol–water partition coefficient (Wildman–Crippen LogP) is 4.24. The molecule has 2 aromatic carbocycles. The molecule has 2 rings (SSSR count). The average molecular weight is 350 g/mol. The quantitative estimate of drug-likeness (QED) is 0.600. The van der Waals surface area contributed by atoms with E-state index in [9.17, 15) is 4.79 Å². The molecule has 0 radical (unpaired) electrons. The van der Waals surface area contributed by atoms with E-state index in [1.165, 1.54) is 0 Å². The highest BCUT2D eigenvalue weighted by atomic mass is 35.5. The summed E-state index contributed by atoms with van der Waals surface area (Å²) in [6, 6.07) is 13.5. The zero-order chi connectivity index (χ0) is 16.7. The molecule has 0 aromatic heterocycles. The van der Waals surface area contributed by atoms with Gasteiger partial charge in [0.1, 0.15) is 5.75 Å². The molecule has 1 amide bonds. The van der Waals surface area contributed by atoms with Crippen molar-refractivity contribution < 1.29 is 9.53 Å². The van der Waals surface area contributed by atoms with Gasteiger partial charge in [-0.25, -0.2) is 0 Å². The van der Waals surface area contributed by atoms with E-state index < -0.39 is 0 Å². The van der Waals surface area contributed by atoms with Crippen molar-refractivity contribution in [3.63, 3.8) is 0 Å². The van der Waals surface area contributed by atoms with Crippen LogP contribution in [0.1, 0.15) is 11.1 Å². The maximum absolute atomic E-state index is 11.8. The smallest absolute Gasteiger partial charge is 0.257 e. The van der Waals surface area contributed by atoms with Gasteiger partial charge in [-0.15, -0.1) is 11.8 Å². The lowest BCUT2D eigenvalue weighted by atomic mass is 10.1. The Balaban J connectivity index is 1.67. The topological polar surface area (TPSA) is 38.3 Å².